The number of aliphatic imine (C=N–C) groups is 1. The average molecular weight is 400 g/mol. The zero-order valence-corrected chi connectivity index (χ0v) is 16.9. The number of H-pyrrole nitrogens is 1. The molecule has 30 heavy (non-hydrogen) atoms. The molecule has 1 aromatic carbocycles. The Balaban J connectivity index is 1.60. The predicted molar refractivity (Wildman–Crippen MR) is 121 cm³/mol. The summed E-state index contributed by atoms with van der Waals surface area (Å²) in [5, 5.41) is 10.8. The molecule has 1 fully saturated rings. The highest BCUT2D eigenvalue weighted by Crippen LogP contribution is 2.24. The minimum Gasteiger partial charge on any atom is -0.319 e. The van der Waals surface area contributed by atoms with Crippen LogP contribution in [0.3, 0.4) is 0 Å². The second kappa shape index (κ2) is 8.84. The molecule has 4 rings (SSSR count). The van der Waals surface area contributed by atoms with E-state index >= 15 is 0 Å². The lowest BCUT2D eigenvalue weighted by Gasteiger charge is -2.30. The van der Waals surface area contributed by atoms with Gasteiger partial charge in [-0.15, -0.1) is 0 Å². The topological polar surface area (TPSA) is 86.3 Å². The van der Waals surface area contributed by atoms with Crippen molar-refractivity contribution in [2.24, 2.45) is 4.99 Å². The molecular weight excluding hydrogens is 376 g/mol. The van der Waals surface area contributed by atoms with Crippen molar-refractivity contribution in [2.75, 3.05) is 25.0 Å². The lowest BCUT2D eigenvalue weighted by Crippen LogP contribution is -2.38. The summed E-state index contributed by atoms with van der Waals surface area (Å²) in [6.07, 6.45) is 8.45. The van der Waals surface area contributed by atoms with Crippen molar-refractivity contribution in [2.45, 2.75) is 13.3 Å². The normalized spacial score (nSPS) is 15.1. The number of carbonyl (C=O) groups is 1. The molecule has 0 unspecified atom stereocenters. The minimum atomic E-state index is -0.276. The van der Waals surface area contributed by atoms with E-state index in [9.17, 15) is 4.79 Å². The molecule has 7 nitrogen and oxygen atoms in total. The number of hydrogen-bond acceptors (Lipinski definition) is 5. The zero-order valence-electron chi connectivity index (χ0n) is 16.9. The van der Waals surface area contributed by atoms with Gasteiger partial charge in [-0.2, -0.15) is 5.10 Å². The average Bonchev–Trinajstić information content (AvgIpc) is 3.15. The van der Waals surface area contributed by atoms with E-state index in [0.29, 0.717) is 11.4 Å². The van der Waals surface area contributed by atoms with Crippen molar-refractivity contribution in [3.63, 3.8) is 0 Å². The fraction of sp³-hybridized carbons (Fsp3) is 0.217. The first-order valence-electron chi connectivity index (χ1n) is 9.89. The van der Waals surface area contributed by atoms with Crippen molar-refractivity contribution in [3.8, 4) is 0 Å². The number of carbonyl (C=O) groups excluding carboxylic acids is 1. The highest BCUT2D eigenvalue weighted by molar-refractivity contribution is 6.11. The van der Waals surface area contributed by atoms with E-state index < -0.39 is 0 Å². The molecule has 1 amide bonds. The van der Waals surface area contributed by atoms with Gasteiger partial charge >= 0.3 is 0 Å². The number of fused-ring (bicyclic) bond motifs is 1. The first-order chi connectivity index (χ1) is 14.6. The van der Waals surface area contributed by atoms with Crippen LogP contribution in [0.25, 0.3) is 16.5 Å². The van der Waals surface area contributed by atoms with Crippen molar-refractivity contribution in [1.82, 2.24) is 20.1 Å². The second-order valence-electron chi connectivity index (χ2n) is 7.37. The standard InChI is InChI=1S/C23H24N6O/c1-16(11-17(13-24-2)15-29-9-4-10-29)18-6-7-21-20(12-18)22(28-27-21)23(30)26-19-5-3-8-25-14-19/h3,5-8,11-14H,2,4,9-10,15H2,1H3,(H,26,30)(H,27,28)/b16-11+,17-13+. The molecule has 7 heteroatoms. The first-order valence-corrected chi connectivity index (χ1v) is 9.89. The second-order valence-corrected chi connectivity index (χ2v) is 7.37. The van der Waals surface area contributed by atoms with Crippen molar-refractivity contribution >= 4 is 34.8 Å². The van der Waals surface area contributed by atoms with E-state index in [-0.39, 0.29) is 5.91 Å². The summed E-state index contributed by atoms with van der Waals surface area (Å²) < 4.78 is 0. The number of allylic oxidation sites excluding steroid dienone is 1. The van der Waals surface area contributed by atoms with Gasteiger partial charge in [-0.3, -0.25) is 24.8 Å². The van der Waals surface area contributed by atoms with Gasteiger partial charge in [0.2, 0.25) is 0 Å². The summed E-state index contributed by atoms with van der Waals surface area (Å²) in [7, 11) is 0. The maximum Gasteiger partial charge on any atom is 0.276 e. The van der Waals surface area contributed by atoms with E-state index in [2.05, 4.69) is 50.1 Å². The third kappa shape index (κ3) is 4.36. The van der Waals surface area contributed by atoms with Crippen LogP contribution in [0.4, 0.5) is 5.69 Å². The Morgan fingerprint density at radius 3 is 2.93 bits per heavy atom. The summed E-state index contributed by atoms with van der Waals surface area (Å²) >= 11 is 0. The van der Waals surface area contributed by atoms with Gasteiger partial charge in [0.05, 0.1) is 17.4 Å². The maximum atomic E-state index is 12.7. The highest BCUT2D eigenvalue weighted by Gasteiger charge is 2.16. The van der Waals surface area contributed by atoms with Gasteiger partial charge in [-0.05, 0) is 74.1 Å². The Morgan fingerprint density at radius 1 is 1.37 bits per heavy atom. The molecule has 2 aromatic heterocycles. The molecule has 0 spiro atoms. The molecule has 1 aliphatic heterocycles. The van der Waals surface area contributed by atoms with Crippen LogP contribution >= 0.6 is 0 Å². The third-order valence-corrected chi connectivity index (χ3v) is 5.17. The smallest absolute Gasteiger partial charge is 0.276 e. The number of amides is 1. The number of hydrogen-bond donors (Lipinski definition) is 2. The molecule has 2 N–H and O–H groups in total. The fourth-order valence-corrected chi connectivity index (χ4v) is 3.46. The van der Waals surface area contributed by atoms with Crippen molar-refractivity contribution in [3.05, 3.63) is 71.8 Å². The number of rotatable bonds is 7. The molecule has 0 aliphatic carbocycles. The van der Waals surface area contributed by atoms with E-state index in [1.165, 1.54) is 6.42 Å². The van der Waals surface area contributed by atoms with Crippen molar-refractivity contribution < 1.29 is 4.79 Å². The summed E-state index contributed by atoms with van der Waals surface area (Å²) in [6.45, 7) is 8.76. The first kappa shape index (κ1) is 19.7. The Kier molecular flexibility index (Phi) is 5.81. The monoisotopic (exact) mass is 400 g/mol. The SMILES string of the molecule is C=N/C=C(\C=C(/C)c1ccc2[nH]nc(C(=O)Nc3cccnc3)c2c1)CN1CCC1. The molecule has 1 aliphatic rings. The molecule has 3 heterocycles. The van der Waals surface area contributed by atoms with E-state index in [0.717, 1.165) is 47.2 Å². The van der Waals surface area contributed by atoms with Crippen LogP contribution in [-0.4, -0.2) is 52.3 Å². The summed E-state index contributed by atoms with van der Waals surface area (Å²) in [4.78, 5) is 23.1. The molecule has 3 aromatic rings. The molecular formula is C23H24N6O. The largest absolute Gasteiger partial charge is 0.319 e. The third-order valence-electron chi connectivity index (χ3n) is 5.17. The molecule has 1 saturated heterocycles. The van der Waals surface area contributed by atoms with E-state index in [1.54, 1.807) is 24.5 Å². The van der Waals surface area contributed by atoms with E-state index in [4.69, 9.17) is 0 Å². The minimum absolute atomic E-state index is 0.276. The zero-order chi connectivity index (χ0) is 20.9. The predicted octanol–water partition coefficient (Wildman–Crippen LogP) is 3.90. The van der Waals surface area contributed by atoms with Crippen LogP contribution in [0, 0.1) is 0 Å². The van der Waals surface area contributed by atoms with Crippen LogP contribution in [0.1, 0.15) is 29.4 Å². The van der Waals surface area contributed by atoms with Gasteiger partial charge < -0.3 is 5.32 Å². The molecule has 0 radical (unpaired) electrons. The number of benzene rings is 1. The summed E-state index contributed by atoms with van der Waals surface area (Å²) in [6, 6.07) is 9.52. The van der Waals surface area contributed by atoms with Gasteiger partial charge in [-0.1, -0.05) is 12.1 Å². The van der Waals surface area contributed by atoms with Gasteiger partial charge in [-0.25, -0.2) is 0 Å². The summed E-state index contributed by atoms with van der Waals surface area (Å²) in [5.74, 6) is -0.276. The highest BCUT2D eigenvalue weighted by atomic mass is 16.1. The van der Waals surface area contributed by atoms with Gasteiger partial charge in [0, 0.05) is 24.3 Å². The van der Waals surface area contributed by atoms with Gasteiger partial charge in [0.1, 0.15) is 0 Å². The number of likely N-dealkylation sites (tertiary alicyclic amines) is 1. The lowest BCUT2D eigenvalue weighted by molar-refractivity contribution is 0.102. The molecule has 0 atom stereocenters. The number of aromatic nitrogens is 3. The number of nitrogens with one attached hydrogen (secondary N) is 2. The van der Waals surface area contributed by atoms with Gasteiger partial charge in [0.15, 0.2) is 5.69 Å². The lowest BCUT2D eigenvalue weighted by atomic mass is 10.0. The number of aromatic amines is 1. The van der Waals surface area contributed by atoms with Crippen LogP contribution in [0.15, 0.2) is 65.6 Å². The van der Waals surface area contributed by atoms with E-state index in [1.807, 2.05) is 24.4 Å². The Hall–Kier alpha value is -3.58. The molecule has 0 saturated carbocycles. The fourth-order valence-electron chi connectivity index (χ4n) is 3.46. The number of nitrogens with zero attached hydrogens (tertiary/aromatic N) is 4. The quantitative estimate of drug-likeness (QED) is 0.465. The van der Waals surface area contributed by atoms with Crippen LogP contribution in [-0.2, 0) is 0 Å². The van der Waals surface area contributed by atoms with Crippen LogP contribution < -0.4 is 5.32 Å². The molecule has 0 bridgehead atoms. The number of anilines is 1. The Morgan fingerprint density at radius 2 is 2.23 bits per heavy atom. The molecule has 152 valence electrons. The Labute approximate surface area is 175 Å². The van der Waals surface area contributed by atoms with Crippen molar-refractivity contribution in [1.29, 1.82) is 0 Å². The summed E-state index contributed by atoms with van der Waals surface area (Å²) in [5.41, 5.74) is 5.03. The Bertz CT molecular complexity index is 1130. The number of pyridine rings is 1. The van der Waals surface area contributed by atoms with Crippen LogP contribution in [0.2, 0.25) is 0 Å². The maximum absolute atomic E-state index is 12.7. The van der Waals surface area contributed by atoms with Crippen LogP contribution in [0.5, 0.6) is 0 Å². The van der Waals surface area contributed by atoms with Gasteiger partial charge in [0.25, 0.3) is 5.91 Å².